The van der Waals surface area contributed by atoms with E-state index in [2.05, 4.69) is 15.6 Å². The summed E-state index contributed by atoms with van der Waals surface area (Å²) in [5.41, 5.74) is 0.883. The largest absolute Gasteiger partial charge is 0.441 e. The molecule has 0 spiro atoms. The third-order valence-corrected chi connectivity index (χ3v) is 3.77. The highest BCUT2D eigenvalue weighted by Gasteiger charge is 2.09. The average molecular weight is 364 g/mol. The van der Waals surface area contributed by atoms with Crippen molar-refractivity contribution in [1.29, 1.82) is 0 Å². The van der Waals surface area contributed by atoms with E-state index < -0.39 is 0 Å². The van der Waals surface area contributed by atoms with E-state index in [1.165, 1.54) is 0 Å². The number of aryl methyl sites for hydroxylation is 1. The minimum absolute atomic E-state index is 0.0243. The van der Waals surface area contributed by atoms with Crippen molar-refractivity contribution in [3.8, 4) is 11.3 Å². The summed E-state index contributed by atoms with van der Waals surface area (Å²) < 4.78 is 5.65. The molecule has 0 aliphatic rings. The molecule has 0 fully saturated rings. The van der Waals surface area contributed by atoms with E-state index in [0.717, 1.165) is 5.56 Å². The van der Waals surface area contributed by atoms with Gasteiger partial charge in [-0.3, -0.25) is 9.59 Å². The number of nitrogens with one attached hydrogen (secondary N) is 2. The summed E-state index contributed by atoms with van der Waals surface area (Å²) >= 11 is 5.86. The average Bonchev–Trinajstić information content (AvgIpc) is 3.06. The number of oxazole rings is 1. The number of carbonyl (C=O) groups is 2. The number of halogens is 1. The quantitative estimate of drug-likeness (QED) is 0.706. The molecule has 1 heterocycles. The Labute approximate surface area is 152 Å². The van der Waals surface area contributed by atoms with Crippen LogP contribution in [0.1, 0.15) is 26.2 Å². The number of hydrogen-bond donors (Lipinski definition) is 2. The normalized spacial score (nSPS) is 10.7. The Morgan fingerprint density at radius 1 is 1.16 bits per heavy atom. The SMILES string of the molecule is CC(C)C(=O)NCCNC(=O)CCc1ncc(-c2ccc(Cl)cc2)o1. The number of carbonyl (C=O) groups excluding carboxylic acids is 2. The Hall–Kier alpha value is -2.34. The number of amides is 2. The summed E-state index contributed by atoms with van der Waals surface area (Å²) in [6.07, 6.45) is 2.33. The van der Waals surface area contributed by atoms with Crippen LogP contribution in [0.4, 0.5) is 0 Å². The molecular formula is C18H22ClN3O3. The molecule has 1 aromatic carbocycles. The molecule has 7 heteroatoms. The fourth-order valence-corrected chi connectivity index (χ4v) is 2.20. The smallest absolute Gasteiger partial charge is 0.222 e. The molecule has 0 aliphatic heterocycles. The molecule has 6 nitrogen and oxygen atoms in total. The lowest BCUT2D eigenvalue weighted by Gasteiger charge is -2.08. The molecule has 25 heavy (non-hydrogen) atoms. The zero-order valence-electron chi connectivity index (χ0n) is 14.3. The molecule has 0 saturated heterocycles. The first kappa shape index (κ1) is 19.0. The minimum atomic E-state index is -0.106. The van der Waals surface area contributed by atoms with E-state index >= 15 is 0 Å². The van der Waals surface area contributed by atoms with Crippen LogP contribution in [-0.4, -0.2) is 29.9 Å². The Balaban J connectivity index is 1.71. The van der Waals surface area contributed by atoms with Gasteiger partial charge in [-0.05, 0) is 24.3 Å². The highest BCUT2D eigenvalue weighted by Crippen LogP contribution is 2.22. The predicted molar refractivity (Wildman–Crippen MR) is 96.1 cm³/mol. The number of nitrogens with zero attached hydrogens (tertiary/aromatic N) is 1. The van der Waals surface area contributed by atoms with Crippen molar-refractivity contribution < 1.29 is 14.0 Å². The maximum Gasteiger partial charge on any atom is 0.222 e. The summed E-state index contributed by atoms with van der Waals surface area (Å²) in [5.74, 6) is 0.959. The van der Waals surface area contributed by atoms with Crippen molar-refractivity contribution in [1.82, 2.24) is 15.6 Å². The molecule has 0 radical (unpaired) electrons. The fraction of sp³-hybridized carbons (Fsp3) is 0.389. The third kappa shape index (κ3) is 6.23. The summed E-state index contributed by atoms with van der Waals surface area (Å²) in [5, 5.41) is 6.15. The van der Waals surface area contributed by atoms with Gasteiger partial charge in [0.2, 0.25) is 11.8 Å². The Morgan fingerprint density at radius 3 is 2.52 bits per heavy atom. The van der Waals surface area contributed by atoms with Crippen molar-refractivity contribution in [3.63, 3.8) is 0 Å². The monoisotopic (exact) mass is 363 g/mol. The van der Waals surface area contributed by atoms with Crippen molar-refractivity contribution in [2.45, 2.75) is 26.7 Å². The fourth-order valence-electron chi connectivity index (χ4n) is 2.07. The highest BCUT2D eigenvalue weighted by molar-refractivity contribution is 6.30. The topological polar surface area (TPSA) is 84.2 Å². The lowest BCUT2D eigenvalue weighted by molar-refractivity contribution is -0.124. The molecule has 134 valence electrons. The van der Waals surface area contributed by atoms with Gasteiger partial charge in [-0.2, -0.15) is 0 Å². The van der Waals surface area contributed by atoms with Crippen LogP contribution in [0.2, 0.25) is 5.02 Å². The minimum Gasteiger partial charge on any atom is -0.441 e. The van der Waals surface area contributed by atoms with Crippen LogP contribution in [-0.2, 0) is 16.0 Å². The van der Waals surface area contributed by atoms with E-state index in [1.807, 2.05) is 26.0 Å². The van der Waals surface area contributed by atoms with Crippen LogP contribution >= 0.6 is 11.6 Å². The van der Waals surface area contributed by atoms with Crippen LogP contribution in [0, 0.1) is 5.92 Å². The van der Waals surface area contributed by atoms with Gasteiger partial charge in [-0.1, -0.05) is 25.4 Å². The first-order chi connectivity index (χ1) is 12.0. The number of rotatable bonds is 8. The summed E-state index contributed by atoms with van der Waals surface area (Å²) in [6, 6.07) is 7.27. The van der Waals surface area contributed by atoms with E-state index in [-0.39, 0.29) is 24.2 Å². The second kappa shape index (κ2) is 9.22. The van der Waals surface area contributed by atoms with Crippen LogP contribution in [0.15, 0.2) is 34.9 Å². The predicted octanol–water partition coefficient (Wildman–Crippen LogP) is 2.82. The van der Waals surface area contributed by atoms with Gasteiger partial charge in [-0.15, -0.1) is 0 Å². The first-order valence-electron chi connectivity index (χ1n) is 8.20. The van der Waals surface area contributed by atoms with E-state index in [1.54, 1.807) is 18.3 Å². The molecule has 2 amide bonds. The molecule has 0 atom stereocenters. The van der Waals surface area contributed by atoms with E-state index in [0.29, 0.717) is 36.2 Å². The van der Waals surface area contributed by atoms with Gasteiger partial charge in [0.05, 0.1) is 6.20 Å². The lowest BCUT2D eigenvalue weighted by Crippen LogP contribution is -2.36. The van der Waals surface area contributed by atoms with Gasteiger partial charge in [0.1, 0.15) is 0 Å². The molecule has 0 aliphatic carbocycles. The molecule has 2 rings (SSSR count). The summed E-state index contributed by atoms with van der Waals surface area (Å²) in [4.78, 5) is 27.4. The Morgan fingerprint density at radius 2 is 1.84 bits per heavy atom. The summed E-state index contributed by atoms with van der Waals surface area (Å²) in [6.45, 7) is 4.46. The molecule has 2 N–H and O–H groups in total. The van der Waals surface area contributed by atoms with Gasteiger partial charge in [-0.25, -0.2) is 4.98 Å². The number of benzene rings is 1. The van der Waals surface area contributed by atoms with E-state index in [4.69, 9.17) is 16.0 Å². The van der Waals surface area contributed by atoms with E-state index in [9.17, 15) is 9.59 Å². The molecule has 0 bridgehead atoms. The van der Waals surface area contributed by atoms with Gasteiger partial charge in [0.25, 0.3) is 0 Å². The van der Waals surface area contributed by atoms with Crippen molar-refractivity contribution in [2.24, 2.45) is 5.92 Å². The van der Waals surface area contributed by atoms with Gasteiger partial charge in [0, 0.05) is 42.4 Å². The van der Waals surface area contributed by atoms with Crippen LogP contribution in [0.5, 0.6) is 0 Å². The van der Waals surface area contributed by atoms with Gasteiger partial charge < -0.3 is 15.1 Å². The maximum atomic E-state index is 11.8. The zero-order valence-corrected chi connectivity index (χ0v) is 15.1. The zero-order chi connectivity index (χ0) is 18.2. The van der Waals surface area contributed by atoms with Crippen molar-refractivity contribution in [3.05, 3.63) is 41.4 Å². The highest BCUT2D eigenvalue weighted by atomic mass is 35.5. The third-order valence-electron chi connectivity index (χ3n) is 3.52. The van der Waals surface area contributed by atoms with Crippen LogP contribution in [0.3, 0.4) is 0 Å². The summed E-state index contributed by atoms with van der Waals surface area (Å²) in [7, 11) is 0. The second-order valence-electron chi connectivity index (χ2n) is 5.92. The Bertz CT molecular complexity index is 711. The number of aromatic nitrogens is 1. The van der Waals surface area contributed by atoms with Gasteiger partial charge >= 0.3 is 0 Å². The standard InChI is InChI=1S/C18H22ClN3O3/c1-12(2)18(24)21-10-9-20-16(23)7-8-17-22-11-15(25-17)13-3-5-14(19)6-4-13/h3-6,11-12H,7-10H2,1-2H3,(H,20,23)(H,21,24). The van der Waals surface area contributed by atoms with Crippen LogP contribution in [0.25, 0.3) is 11.3 Å². The second-order valence-corrected chi connectivity index (χ2v) is 6.36. The lowest BCUT2D eigenvalue weighted by atomic mass is 10.2. The molecule has 0 unspecified atom stereocenters. The maximum absolute atomic E-state index is 11.8. The van der Waals surface area contributed by atoms with Gasteiger partial charge in [0.15, 0.2) is 11.7 Å². The number of hydrogen-bond acceptors (Lipinski definition) is 4. The Kier molecular flexibility index (Phi) is 7.01. The van der Waals surface area contributed by atoms with Crippen LogP contribution < -0.4 is 10.6 Å². The molecule has 1 aromatic heterocycles. The molecule has 0 saturated carbocycles. The van der Waals surface area contributed by atoms with Crippen molar-refractivity contribution >= 4 is 23.4 Å². The van der Waals surface area contributed by atoms with Crippen molar-refractivity contribution in [2.75, 3.05) is 13.1 Å². The molecular weight excluding hydrogens is 342 g/mol. The molecule has 2 aromatic rings. The first-order valence-corrected chi connectivity index (χ1v) is 8.58.